The van der Waals surface area contributed by atoms with Crippen molar-refractivity contribution in [1.82, 2.24) is 5.32 Å². The second-order valence-electron chi connectivity index (χ2n) is 5.84. The van der Waals surface area contributed by atoms with E-state index in [4.69, 9.17) is 21.1 Å². The monoisotopic (exact) mass is 345 g/mol. The zero-order chi connectivity index (χ0) is 16.0. The molecule has 0 saturated carbocycles. The maximum Gasteiger partial charge on any atom is 0.251 e. The maximum absolute atomic E-state index is 12.4. The number of ether oxygens (including phenoxy) is 2. The van der Waals surface area contributed by atoms with Gasteiger partial charge in [-0.3, -0.25) is 4.79 Å². The van der Waals surface area contributed by atoms with Crippen molar-refractivity contribution in [2.24, 2.45) is 0 Å². The first-order chi connectivity index (χ1) is 10.3. The Bertz CT molecular complexity index is 733. The van der Waals surface area contributed by atoms with Crippen molar-refractivity contribution in [2.75, 3.05) is 24.7 Å². The third kappa shape index (κ3) is 3.01. The van der Waals surface area contributed by atoms with E-state index in [1.807, 2.05) is 0 Å². The summed E-state index contributed by atoms with van der Waals surface area (Å²) in [6.45, 7) is 2.54. The van der Waals surface area contributed by atoms with Crippen molar-refractivity contribution in [2.45, 2.75) is 18.9 Å². The van der Waals surface area contributed by atoms with Crippen molar-refractivity contribution >= 4 is 27.3 Å². The summed E-state index contributed by atoms with van der Waals surface area (Å²) >= 11 is 6.11. The molecule has 22 heavy (non-hydrogen) atoms. The SMILES string of the molecule is C[C@@]1(NC(=O)c2cc(Cl)c3c(c2)OCCO3)CCS(=O)(=O)C1. The van der Waals surface area contributed by atoms with Gasteiger partial charge in [-0.05, 0) is 25.5 Å². The van der Waals surface area contributed by atoms with Crippen LogP contribution in [-0.4, -0.2) is 44.6 Å². The first-order valence-electron chi connectivity index (χ1n) is 6.90. The Labute approximate surface area is 133 Å². The molecule has 0 spiro atoms. The van der Waals surface area contributed by atoms with Gasteiger partial charge in [-0.2, -0.15) is 0 Å². The van der Waals surface area contributed by atoms with Gasteiger partial charge in [0.25, 0.3) is 5.91 Å². The van der Waals surface area contributed by atoms with Gasteiger partial charge in [0.15, 0.2) is 21.3 Å². The van der Waals surface area contributed by atoms with E-state index in [0.717, 1.165) is 0 Å². The van der Waals surface area contributed by atoms with Crippen LogP contribution in [0.15, 0.2) is 12.1 Å². The number of rotatable bonds is 2. The summed E-state index contributed by atoms with van der Waals surface area (Å²) in [5.41, 5.74) is -0.435. The lowest BCUT2D eigenvalue weighted by atomic mass is 10.0. The highest BCUT2D eigenvalue weighted by Crippen LogP contribution is 2.38. The average molecular weight is 346 g/mol. The maximum atomic E-state index is 12.4. The van der Waals surface area contributed by atoms with Gasteiger partial charge in [0, 0.05) is 5.56 Å². The number of carbonyl (C=O) groups excluding carboxylic acids is 1. The van der Waals surface area contributed by atoms with Crippen molar-refractivity contribution in [3.05, 3.63) is 22.7 Å². The minimum atomic E-state index is -3.09. The summed E-state index contributed by atoms with van der Waals surface area (Å²) in [6, 6.07) is 3.06. The molecule has 0 radical (unpaired) electrons. The molecule has 1 saturated heterocycles. The minimum absolute atomic E-state index is 0.0516. The lowest BCUT2D eigenvalue weighted by Gasteiger charge is -2.25. The quantitative estimate of drug-likeness (QED) is 0.876. The van der Waals surface area contributed by atoms with E-state index in [1.54, 1.807) is 13.0 Å². The van der Waals surface area contributed by atoms with Gasteiger partial charge in [0.05, 0.1) is 22.1 Å². The molecule has 1 fully saturated rings. The van der Waals surface area contributed by atoms with Gasteiger partial charge in [-0.25, -0.2) is 8.42 Å². The number of hydrogen-bond acceptors (Lipinski definition) is 5. The number of halogens is 1. The molecule has 2 aliphatic rings. The number of amides is 1. The molecule has 2 heterocycles. The Morgan fingerprint density at radius 1 is 1.32 bits per heavy atom. The summed E-state index contributed by atoms with van der Waals surface area (Å²) in [6.07, 6.45) is 0.402. The molecule has 1 aromatic rings. The van der Waals surface area contributed by atoms with E-state index in [0.29, 0.717) is 41.7 Å². The van der Waals surface area contributed by atoms with E-state index < -0.39 is 15.4 Å². The Balaban J connectivity index is 1.83. The summed E-state index contributed by atoms with van der Waals surface area (Å²) in [5.74, 6) is 0.515. The molecule has 0 unspecified atom stereocenters. The molecule has 1 amide bonds. The Morgan fingerprint density at radius 3 is 2.73 bits per heavy atom. The smallest absolute Gasteiger partial charge is 0.251 e. The van der Waals surface area contributed by atoms with E-state index in [2.05, 4.69) is 5.32 Å². The third-order valence-electron chi connectivity index (χ3n) is 3.78. The first-order valence-corrected chi connectivity index (χ1v) is 9.10. The molecule has 0 aromatic heterocycles. The molecular formula is C14H16ClNO5S. The minimum Gasteiger partial charge on any atom is -0.486 e. The molecule has 6 nitrogen and oxygen atoms in total. The fourth-order valence-corrected chi connectivity index (χ4v) is 5.06. The summed E-state index contributed by atoms with van der Waals surface area (Å²) in [7, 11) is -3.09. The van der Waals surface area contributed by atoms with Crippen molar-refractivity contribution in [1.29, 1.82) is 0 Å². The van der Waals surface area contributed by atoms with E-state index in [1.165, 1.54) is 6.07 Å². The highest BCUT2D eigenvalue weighted by molar-refractivity contribution is 7.91. The number of nitrogens with one attached hydrogen (secondary N) is 1. The Kier molecular flexibility index (Phi) is 3.72. The summed E-state index contributed by atoms with van der Waals surface area (Å²) in [4.78, 5) is 12.4. The molecule has 1 atom stereocenters. The highest BCUT2D eigenvalue weighted by atomic mass is 35.5. The molecular weight excluding hydrogens is 330 g/mol. The van der Waals surface area contributed by atoms with Gasteiger partial charge in [-0.1, -0.05) is 11.6 Å². The van der Waals surface area contributed by atoms with Crippen LogP contribution in [0.1, 0.15) is 23.7 Å². The molecule has 2 aliphatic heterocycles. The molecule has 0 aliphatic carbocycles. The Morgan fingerprint density at radius 2 is 2.05 bits per heavy atom. The van der Waals surface area contributed by atoms with Crippen LogP contribution < -0.4 is 14.8 Å². The van der Waals surface area contributed by atoms with E-state index in [9.17, 15) is 13.2 Å². The van der Waals surface area contributed by atoms with Crippen molar-refractivity contribution < 1.29 is 22.7 Å². The largest absolute Gasteiger partial charge is 0.486 e. The number of sulfone groups is 1. The lowest BCUT2D eigenvalue weighted by molar-refractivity contribution is 0.0914. The van der Waals surface area contributed by atoms with Gasteiger partial charge in [0.1, 0.15) is 13.2 Å². The normalized spacial score (nSPS) is 25.7. The summed E-state index contributed by atoms with van der Waals surface area (Å²) < 4.78 is 34.0. The first kappa shape index (κ1) is 15.4. The van der Waals surface area contributed by atoms with Crippen LogP contribution in [0.4, 0.5) is 0 Å². The van der Waals surface area contributed by atoms with E-state index >= 15 is 0 Å². The predicted octanol–water partition coefficient (Wildman–Crippen LogP) is 1.42. The van der Waals surface area contributed by atoms with Crippen LogP contribution in [0.3, 0.4) is 0 Å². The van der Waals surface area contributed by atoms with Gasteiger partial charge in [0.2, 0.25) is 0 Å². The van der Waals surface area contributed by atoms with Crippen LogP contribution in [0.2, 0.25) is 5.02 Å². The lowest BCUT2D eigenvalue weighted by Crippen LogP contribution is -2.46. The van der Waals surface area contributed by atoms with Crippen LogP contribution in [0.25, 0.3) is 0 Å². The Hall–Kier alpha value is -1.47. The fourth-order valence-electron chi connectivity index (χ4n) is 2.70. The predicted molar refractivity (Wildman–Crippen MR) is 81.6 cm³/mol. The van der Waals surface area contributed by atoms with Crippen LogP contribution in [0, 0.1) is 0 Å². The highest BCUT2D eigenvalue weighted by Gasteiger charge is 2.39. The number of benzene rings is 1. The molecule has 0 bridgehead atoms. The number of fused-ring (bicyclic) bond motifs is 1. The van der Waals surface area contributed by atoms with Crippen LogP contribution in [-0.2, 0) is 9.84 Å². The van der Waals surface area contributed by atoms with E-state index in [-0.39, 0.29) is 17.4 Å². The topological polar surface area (TPSA) is 81.7 Å². The van der Waals surface area contributed by atoms with Gasteiger partial charge >= 0.3 is 0 Å². The average Bonchev–Trinajstić information content (AvgIpc) is 2.72. The summed E-state index contributed by atoms with van der Waals surface area (Å²) in [5, 5.41) is 3.09. The van der Waals surface area contributed by atoms with Gasteiger partial charge < -0.3 is 14.8 Å². The second kappa shape index (κ2) is 5.31. The number of hydrogen-bond donors (Lipinski definition) is 1. The van der Waals surface area contributed by atoms with Crippen molar-refractivity contribution in [3.8, 4) is 11.5 Å². The molecule has 1 N–H and O–H groups in total. The van der Waals surface area contributed by atoms with Crippen LogP contribution >= 0.6 is 11.6 Å². The number of carbonyl (C=O) groups is 1. The zero-order valence-electron chi connectivity index (χ0n) is 12.0. The third-order valence-corrected chi connectivity index (χ3v) is 5.96. The zero-order valence-corrected chi connectivity index (χ0v) is 13.6. The van der Waals surface area contributed by atoms with Crippen molar-refractivity contribution in [3.63, 3.8) is 0 Å². The molecule has 3 rings (SSSR count). The fraction of sp³-hybridized carbons (Fsp3) is 0.500. The second-order valence-corrected chi connectivity index (χ2v) is 8.43. The molecule has 120 valence electrons. The standard InChI is InChI=1S/C14H16ClNO5S/c1-14(2-5-22(18,19)8-14)16-13(17)9-6-10(15)12-11(7-9)20-3-4-21-12/h6-7H,2-5,8H2,1H3,(H,16,17)/t14-/m1/s1. The van der Waals surface area contributed by atoms with Crippen LogP contribution in [0.5, 0.6) is 11.5 Å². The molecule has 8 heteroatoms. The van der Waals surface area contributed by atoms with Gasteiger partial charge in [-0.15, -0.1) is 0 Å². The molecule has 1 aromatic carbocycles.